The number of benzene rings is 3. The Morgan fingerprint density at radius 3 is 2.33 bits per heavy atom. The maximum atomic E-state index is 13.7. The lowest BCUT2D eigenvalue weighted by Crippen LogP contribution is -2.55. The topological polar surface area (TPSA) is 174 Å². The second-order valence-electron chi connectivity index (χ2n) is 14.0. The van der Waals surface area contributed by atoms with Crippen molar-refractivity contribution >= 4 is 29.5 Å². The zero-order valence-corrected chi connectivity index (χ0v) is 32.5. The van der Waals surface area contributed by atoms with Gasteiger partial charge in [0.15, 0.2) is 11.5 Å². The third-order valence-corrected chi connectivity index (χ3v) is 9.18. The molecule has 3 aromatic rings. The van der Waals surface area contributed by atoms with Crippen LogP contribution in [-0.4, -0.2) is 94.1 Å². The molecule has 0 aromatic heterocycles. The maximum absolute atomic E-state index is 13.7. The molecule has 2 atom stereocenters. The smallest absolute Gasteiger partial charge is 0.251 e. The average Bonchev–Trinajstić information content (AvgIpc) is 3.17. The number of hydrogen-bond acceptors (Lipinski definition) is 9. The van der Waals surface area contributed by atoms with E-state index in [1.54, 1.807) is 57.2 Å². The Hall–Kier alpha value is -5.63. The van der Waals surface area contributed by atoms with E-state index in [0.29, 0.717) is 59.9 Å². The van der Waals surface area contributed by atoms with Gasteiger partial charge in [-0.3, -0.25) is 24.0 Å². The molecule has 2 aliphatic heterocycles. The van der Waals surface area contributed by atoms with Gasteiger partial charge in [-0.2, -0.15) is 0 Å². The number of aryl methyl sites for hydroxylation is 1. The molecule has 3 aromatic carbocycles. The molecule has 2 heterocycles. The summed E-state index contributed by atoms with van der Waals surface area (Å²) < 4.78 is 22.5. The van der Waals surface area contributed by atoms with Crippen molar-refractivity contribution in [3.05, 3.63) is 83.4 Å². The second-order valence-corrected chi connectivity index (χ2v) is 14.0. The Morgan fingerprint density at radius 2 is 1.62 bits per heavy atom. The molecule has 14 nitrogen and oxygen atoms in total. The molecule has 0 fully saturated rings. The number of carbonyl (C=O) groups excluding carboxylic acids is 5. The average molecular weight is 760 g/mol. The number of amides is 5. The van der Waals surface area contributed by atoms with Crippen LogP contribution in [0.25, 0.3) is 0 Å². The maximum Gasteiger partial charge on any atom is 0.251 e. The molecule has 0 aliphatic carbocycles. The standard InChI is InChI=1S/C41H53N5O9/c1-27-37(48)43-24-30-15-17-31(23-34(30)54-6)55-35-22-29(16-19-33(35)53-5)38(49)42-20-10-11-21-46(40(51)41(2,3)26-52-4)25-36(47)45-32(39(50)44-27)18-14-28-12-8-7-9-13-28/h7-9,12-13,15-17,19,22-23,27,32H,10-11,14,18,20-21,24-26H2,1-6H3,(H,42,49)(H,43,48)(H,44,50)(H,45,47)/t27-,32-/m0/s1. The van der Waals surface area contributed by atoms with Gasteiger partial charge in [-0.15, -0.1) is 0 Å². The summed E-state index contributed by atoms with van der Waals surface area (Å²) in [4.78, 5) is 68.9. The second kappa shape index (κ2) is 20.2. The summed E-state index contributed by atoms with van der Waals surface area (Å²) in [6.45, 7) is 5.47. The molecule has 0 radical (unpaired) electrons. The van der Waals surface area contributed by atoms with Crippen LogP contribution in [0.5, 0.6) is 23.0 Å². The van der Waals surface area contributed by atoms with Gasteiger partial charge in [-0.25, -0.2) is 0 Å². The lowest BCUT2D eigenvalue weighted by atomic mass is 9.92. The molecular weight excluding hydrogens is 706 g/mol. The van der Waals surface area contributed by atoms with Gasteiger partial charge < -0.3 is 45.1 Å². The SMILES string of the molecule is COCC(C)(C)C(=O)N1CCCCNC(=O)c2ccc(OC)c(c2)Oc2ccc(c(OC)c2)CNC(=O)[C@H](C)NC(=O)[C@H](CCc2ccccc2)NC(=O)C1. The Balaban J connectivity index is 1.62. The molecule has 5 rings (SSSR count). The molecule has 296 valence electrons. The monoisotopic (exact) mass is 759 g/mol. The van der Waals surface area contributed by atoms with Crippen LogP contribution in [-0.2, 0) is 36.9 Å². The molecule has 0 unspecified atom stereocenters. The highest BCUT2D eigenvalue weighted by molar-refractivity contribution is 5.95. The van der Waals surface area contributed by atoms with Crippen molar-refractivity contribution in [2.75, 3.05) is 47.6 Å². The first-order valence-corrected chi connectivity index (χ1v) is 18.4. The lowest BCUT2D eigenvalue weighted by molar-refractivity contribution is -0.146. The fourth-order valence-corrected chi connectivity index (χ4v) is 6.15. The predicted molar refractivity (Wildman–Crippen MR) is 206 cm³/mol. The molecule has 0 saturated carbocycles. The number of fused-ring (bicyclic) bond motifs is 18. The van der Waals surface area contributed by atoms with Gasteiger partial charge in [-0.05, 0) is 82.3 Å². The zero-order valence-electron chi connectivity index (χ0n) is 32.5. The van der Waals surface area contributed by atoms with E-state index in [0.717, 1.165) is 5.56 Å². The first kappa shape index (κ1) is 42.1. The van der Waals surface area contributed by atoms with Gasteiger partial charge in [0.25, 0.3) is 5.91 Å². The number of rotatable bonds is 8. The summed E-state index contributed by atoms with van der Waals surface area (Å²) >= 11 is 0. The van der Waals surface area contributed by atoms with Crippen molar-refractivity contribution in [3.63, 3.8) is 0 Å². The van der Waals surface area contributed by atoms with Crippen molar-refractivity contribution in [1.82, 2.24) is 26.2 Å². The van der Waals surface area contributed by atoms with Crippen LogP contribution in [0.1, 0.15) is 61.5 Å². The molecule has 2 aliphatic rings. The first-order valence-electron chi connectivity index (χ1n) is 18.4. The van der Waals surface area contributed by atoms with Gasteiger partial charge in [0.05, 0.1) is 32.8 Å². The van der Waals surface area contributed by atoms with E-state index in [4.69, 9.17) is 18.9 Å². The van der Waals surface area contributed by atoms with E-state index < -0.39 is 35.2 Å². The summed E-state index contributed by atoms with van der Waals surface area (Å²) in [5, 5.41) is 11.3. The molecule has 4 N–H and O–H groups in total. The molecular formula is C41H53N5O9. The minimum Gasteiger partial charge on any atom is -0.496 e. The van der Waals surface area contributed by atoms with Crippen molar-refractivity contribution < 1.29 is 42.9 Å². The largest absolute Gasteiger partial charge is 0.496 e. The molecule has 5 amide bonds. The Labute approximate surface area is 322 Å². The fraction of sp³-hybridized carbons (Fsp3) is 0.439. The third-order valence-electron chi connectivity index (χ3n) is 9.18. The highest BCUT2D eigenvalue weighted by Gasteiger charge is 2.34. The summed E-state index contributed by atoms with van der Waals surface area (Å²) in [5.41, 5.74) is 1.03. The molecule has 14 heteroatoms. The first-order chi connectivity index (χ1) is 26.3. The Morgan fingerprint density at radius 1 is 0.873 bits per heavy atom. The summed E-state index contributed by atoms with van der Waals surface area (Å²) in [5.74, 6) is -0.578. The number of ether oxygens (including phenoxy) is 4. The fourth-order valence-electron chi connectivity index (χ4n) is 6.15. The molecule has 4 bridgehead atoms. The van der Waals surface area contributed by atoms with Crippen molar-refractivity contribution in [1.29, 1.82) is 0 Å². The normalized spacial score (nSPS) is 18.0. The van der Waals surface area contributed by atoms with E-state index in [1.807, 2.05) is 30.3 Å². The lowest BCUT2D eigenvalue weighted by Gasteiger charge is -2.31. The van der Waals surface area contributed by atoms with Gasteiger partial charge in [-0.1, -0.05) is 30.3 Å². The van der Waals surface area contributed by atoms with Crippen molar-refractivity contribution in [3.8, 4) is 23.0 Å². The summed E-state index contributed by atoms with van der Waals surface area (Å²) in [6.07, 6.45) is 1.71. The van der Waals surface area contributed by atoms with Crippen LogP contribution in [0.4, 0.5) is 0 Å². The van der Waals surface area contributed by atoms with E-state index >= 15 is 0 Å². The van der Waals surface area contributed by atoms with Gasteiger partial charge >= 0.3 is 0 Å². The van der Waals surface area contributed by atoms with E-state index in [2.05, 4.69) is 21.3 Å². The number of methoxy groups -OCH3 is 3. The summed E-state index contributed by atoms with van der Waals surface area (Å²) in [7, 11) is 4.50. The third kappa shape index (κ3) is 12.2. The molecule has 55 heavy (non-hydrogen) atoms. The zero-order chi connectivity index (χ0) is 40.0. The molecule has 0 saturated heterocycles. The molecule has 0 spiro atoms. The van der Waals surface area contributed by atoms with Crippen molar-refractivity contribution in [2.45, 2.75) is 65.1 Å². The number of hydrogen-bond donors (Lipinski definition) is 4. The van der Waals surface area contributed by atoms with Crippen LogP contribution in [0.2, 0.25) is 0 Å². The van der Waals surface area contributed by atoms with E-state index in [-0.39, 0.29) is 44.5 Å². The van der Waals surface area contributed by atoms with Gasteiger partial charge in [0, 0.05) is 43.9 Å². The van der Waals surface area contributed by atoms with Crippen molar-refractivity contribution in [2.24, 2.45) is 5.41 Å². The minimum atomic E-state index is -0.999. The predicted octanol–water partition coefficient (Wildman–Crippen LogP) is 3.76. The van der Waals surface area contributed by atoms with Crippen LogP contribution < -0.4 is 35.5 Å². The van der Waals surface area contributed by atoms with Gasteiger partial charge in [0.2, 0.25) is 23.6 Å². The summed E-state index contributed by atoms with van der Waals surface area (Å²) in [6, 6.07) is 17.5. The van der Waals surface area contributed by atoms with Crippen LogP contribution in [0.3, 0.4) is 0 Å². The quantitative estimate of drug-likeness (QED) is 0.250. The number of nitrogens with one attached hydrogen (secondary N) is 4. The highest BCUT2D eigenvalue weighted by atomic mass is 16.5. The van der Waals surface area contributed by atoms with E-state index in [1.165, 1.54) is 26.2 Å². The van der Waals surface area contributed by atoms with E-state index in [9.17, 15) is 24.0 Å². The number of carbonyl (C=O) groups is 5. The Kier molecular flexibility index (Phi) is 15.4. The van der Waals surface area contributed by atoms with Crippen LogP contribution >= 0.6 is 0 Å². The van der Waals surface area contributed by atoms with Crippen LogP contribution in [0.15, 0.2) is 66.7 Å². The number of nitrogens with zero attached hydrogens (tertiary/aromatic N) is 1. The van der Waals surface area contributed by atoms with Crippen LogP contribution in [0, 0.1) is 5.41 Å². The Bertz CT molecular complexity index is 1800. The minimum absolute atomic E-state index is 0.0823. The highest BCUT2D eigenvalue weighted by Crippen LogP contribution is 2.35. The van der Waals surface area contributed by atoms with Gasteiger partial charge in [0.1, 0.15) is 23.6 Å².